The third-order valence-corrected chi connectivity index (χ3v) is 8.84. The zero-order valence-electron chi connectivity index (χ0n) is 24.5. The van der Waals surface area contributed by atoms with Crippen LogP contribution in [0.3, 0.4) is 0 Å². The number of carbonyl (C=O) groups is 3. The Balaban J connectivity index is 1.45. The third-order valence-electron chi connectivity index (χ3n) is 7.28. The molecule has 0 aromatic heterocycles. The average molecular weight is 655 g/mol. The van der Waals surface area contributed by atoms with Crippen LogP contribution in [-0.2, 0) is 29.1 Å². The summed E-state index contributed by atoms with van der Waals surface area (Å²) in [6.07, 6.45) is -3.63. The second-order valence-corrected chi connectivity index (χ2v) is 12.3. The van der Waals surface area contributed by atoms with Crippen LogP contribution in [0.25, 0.3) is 6.08 Å². The Morgan fingerprint density at radius 1 is 1.16 bits per heavy atom. The highest BCUT2D eigenvalue weighted by molar-refractivity contribution is 7.92. The van der Waals surface area contributed by atoms with Gasteiger partial charge in [0.1, 0.15) is 29.5 Å². The molecule has 0 saturated carbocycles. The molecule has 0 atom stereocenters. The number of anilines is 1. The van der Waals surface area contributed by atoms with Crippen LogP contribution in [0.4, 0.5) is 23.2 Å². The molecule has 0 bridgehead atoms. The van der Waals surface area contributed by atoms with Crippen LogP contribution < -0.4 is 15.0 Å². The Labute approximate surface area is 256 Å². The number of sulfonamides is 1. The number of amides is 2. The largest absolute Gasteiger partial charge is 0.573 e. The van der Waals surface area contributed by atoms with E-state index in [1.165, 1.54) is 38.1 Å². The monoisotopic (exact) mass is 654 g/mol. The summed E-state index contributed by atoms with van der Waals surface area (Å²) in [6, 6.07) is 7.47. The molecule has 2 aliphatic rings. The van der Waals surface area contributed by atoms with Crippen molar-refractivity contribution >= 4 is 45.4 Å². The molecule has 2 aliphatic heterocycles. The maximum Gasteiger partial charge on any atom is 0.573 e. The number of alkyl halides is 3. The fourth-order valence-electron chi connectivity index (χ4n) is 4.98. The van der Waals surface area contributed by atoms with Crippen molar-refractivity contribution in [3.63, 3.8) is 0 Å². The van der Waals surface area contributed by atoms with E-state index < -0.39 is 51.3 Å². The molecule has 16 heteroatoms. The Kier molecular flexibility index (Phi) is 9.68. The van der Waals surface area contributed by atoms with Crippen LogP contribution in [0, 0.1) is 12.7 Å². The molecule has 2 heterocycles. The van der Waals surface area contributed by atoms with Crippen LogP contribution in [0.2, 0.25) is 0 Å². The summed E-state index contributed by atoms with van der Waals surface area (Å²) in [5.74, 6) is -2.73. The Bertz CT molecular complexity index is 1670. The van der Waals surface area contributed by atoms with Gasteiger partial charge < -0.3 is 19.7 Å². The van der Waals surface area contributed by atoms with Gasteiger partial charge in [-0.15, -0.1) is 13.2 Å². The van der Waals surface area contributed by atoms with Gasteiger partial charge in [0.05, 0.1) is 12.2 Å². The highest BCUT2D eigenvalue weighted by atomic mass is 32.2. The summed E-state index contributed by atoms with van der Waals surface area (Å²) in [7, 11) is -4.01. The first kappa shape index (κ1) is 33.6. The van der Waals surface area contributed by atoms with Gasteiger partial charge in [0.2, 0.25) is 15.9 Å². The molecule has 2 aromatic carbocycles. The first-order valence-electron chi connectivity index (χ1n) is 13.7. The number of ether oxygens (including phenoxy) is 2. The van der Waals surface area contributed by atoms with Gasteiger partial charge in [-0.3, -0.25) is 19.4 Å². The SMILES string of the molecule is CC(=O)OCCN(C(C)=O)c1cc(C)c(/C=C/S(=O)(=O)N2CCC3(CC2)N=C(c2cccc(OC(F)(F)F)c2)NC3=O)cc1F. The van der Waals surface area contributed by atoms with E-state index in [4.69, 9.17) is 4.74 Å². The fourth-order valence-corrected chi connectivity index (χ4v) is 6.17. The summed E-state index contributed by atoms with van der Waals surface area (Å²) in [5.41, 5.74) is -0.423. The number of halogens is 4. The average Bonchev–Trinajstić information content (AvgIpc) is 3.26. The number of hydrogen-bond donors (Lipinski definition) is 1. The van der Waals surface area contributed by atoms with E-state index in [9.17, 15) is 36.0 Å². The van der Waals surface area contributed by atoms with E-state index >= 15 is 4.39 Å². The molecule has 1 saturated heterocycles. The van der Waals surface area contributed by atoms with Crippen molar-refractivity contribution in [1.82, 2.24) is 9.62 Å². The number of aryl methyl sites for hydroxylation is 1. The second kappa shape index (κ2) is 13.0. The molecule has 2 aromatic rings. The number of esters is 1. The maximum atomic E-state index is 15.1. The lowest BCUT2D eigenvalue weighted by molar-refractivity contribution is -0.274. The molecule has 0 unspecified atom stereocenters. The number of nitrogens with zero attached hydrogens (tertiary/aromatic N) is 3. The van der Waals surface area contributed by atoms with Crippen molar-refractivity contribution in [3.05, 3.63) is 64.3 Å². The van der Waals surface area contributed by atoms with Crippen LogP contribution in [0.15, 0.2) is 46.8 Å². The van der Waals surface area contributed by atoms with E-state index in [0.717, 1.165) is 32.8 Å². The van der Waals surface area contributed by atoms with Gasteiger partial charge in [0.15, 0.2) is 0 Å². The minimum atomic E-state index is -4.90. The molecule has 242 valence electrons. The normalized spacial score (nSPS) is 16.9. The molecule has 4 rings (SSSR count). The standard InChI is InChI=1S/C29H30F4N4O7S/c1-18-15-25(37(19(2)38)12-13-43-20(3)39)24(30)17-21(18)7-14-45(41,42)36-10-8-28(9-11-36)27(40)34-26(35-28)22-5-4-6-23(16-22)44-29(31,32)33/h4-7,14-17H,8-13H2,1-3H3,(H,34,35,40)/b14-7+. The van der Waals surface area contributed by atoms with Crippen molar-refractivity contribution in [2.45, 2.75) is 45.5 Å². The number of nitrogens with one attached hydrogen (secondary N) is 1. The lowest BCUT2D eigenvalue weighted by Gasteiger charge is -2.34. The van der Waals surface area contributed by atoms with Crippen molar-refractivity contribution in [2.24, 2.45) is 4.99 Å². The summed E-state index contributed by atoms with van der Waals surface area (Å²) in [6.45, 7) is 3.70. The summed E-state index contributed by atoms with van der Waals surface area (Å²) < 4.78 is 89.1. The molecular formula is C29H30F4N4O7S. The minimum Gasteiger partial charge on any atom is -0.464 e. The Morgan fingerprint density at radius 2 is 1.84 bits per heavy atom. The lowest BCUT2D eigenvalue weighted by atomic mass is 9.89. The van der Waals surface area contributed by atoms with E-state index in [-0.39, 0.29) is 61.7 Å². The number of aliphatic imine (C=N–C) groups is 1. The first-order valence-corrected chi connectivity index (χ1v) is 15.2. The van der Waals surface area contributed by atoms with Crippen LogP contribution in [0.1, 0.15) is 43.4 Å². The summed E-state index contributed by atoms with van der Waals surface area (Å²) >= 11 is 0. The zero-order chi connectivity index (χ0) is 33.2. The number of carbonyl (C=O) groups excluding carboxylic acids is 3. The Hall–Kier alpha value is -4.31. The minimum absolute atomic E-state index is 0.0186. The predicted octanol–water partition coefficient (Wildman–Crippen LogP) is 3.66. The Morgan fingerprint density at radius 3 is 2.47 bits per heavy atom. The lowest BCUT2D eigenvalue weighted by Crippen LogP contribution is -2.50. The molecule has 1 spiro atoms. The van der Waals surface area contributed by atoms with Crippen LogP contribution in [-0.4, -0.2) is 74.5 Å². The summed E-state index contributed by atoms with van der Waals surface area (Å²) in [5, 5.41) is 3.50. The van der Waals surface area contributed by atoms with E-state index in [0.29, 0.717) is 5.56 Å². The number of benzene rings is 2. The molecule has 11 nitrogen and oxygen atoms in total. The van der Waals surface area contributed by atoms with Crippen LogP contribution >= 0.6 is 0 Å². The van der Waals surface area contributed by atoms with E-state index in [1.54, 1.807) is 6.92 Å². The molecule has 2 amide bonds. The van der Waals surface area contributed by atoms with Gasteiger partial charge in [-0.25, -0.2) is 12.8 Å². The smallest absolute Gasteiger partial charge is 0.464 e. The first-order chi connectivity index (χ1) is 21.0. The molecule has 45 heavy (non-hydrogen) atoms. The number of hydrogen-bond acceptors (Lipinski definition) is 8. The van der Waals surface area contributed by atoms with Gasteiger partial charge in [-0.2, -0.15) is 4.31 Å². The summed E-state index contributed by atoms with van der Waals surface area (Å²) in [4.78, 5) is 41.6. The van der Waals surface area contributed by atoms with Crippen LogP contribution in [0.5, 0.6) is 5.75 Å². The zero-order valence-corrected chi connectivity index (χ0v) is 25.3. The number of rotatable bonds is 9. The molecular weight excluding hydrogens is 624 g/mol. The van der Waals surface area contributed by atoms with Gasteiger partial charge in [0, 0.05) is 37.9 Å². The second-order valence-electron chi connectivity index (χ2n) is 10.4. The van der Waals surface area contributed by atoms with E-state index in [2.05, 4.69) is 15.0 Å². The quantitative estimate of drug-likeness (QED) is 0.322. The highest BCUT2D eigenvalue weighted by Gasteiger charge is 2.47. The predicted molar refractivity (Wildman–Crippen MR) is 155 cm³/mol. The molecule has 1 N–H and O–H groups in total. The van der Waals surface area contributed by atoms with Crippen molar-refractivity contribution in [2.75, 3.05) is 31.1 Å². The fraction of sp³-hybridized carbons (Fsp3) is 0.379. The number of piperidine rings is 1. The van der Waals surface area contributed by atoms with E-state index in [1.807, 2.05) is 0 Å². The van der Waals surface area contributed by atoms with Crippen molar-refractivity contribution in [1.29, 1.82) is 0 Å². The topological polar surface area (TPSA) is 135 Å². The third kappa shape index (κ3) is 8.05. The molecule has 0 aliphatic carbocycles. The van der Waals surface area contributed by atoms with Gasteiger partial charge in [-0.05, 0) is 61.2 Å². The van der Waals surface area contributed by atoms with Gasteiger partial charge >= 0.3 is 12.3 Å². The maximum absolute atomic E-state index is 15.1. The number of amidine groups is 1. The highest BCUT2D eigenvalue weighted by Crippen LogP contribution is 2.33. The molecule has 1 fully saturated rings. The van der Waals surface area contributed by atoms with Crippen molar-refractivity contribution in [3.8, 4) is 5.75 Å². The van der Waals surface area contributed by atoms with Gasteiger partial charge in [-0.1, -0.05) is 12.1 Å². The van der Waals surface area contributed by atoms with Crippen molar-refractivity contribution < 1.29 is 49.8 Å². The van der Waals surface area contributed by atoms with Gasteiger partial charge in [0.25, 0.3) is 5.91 Å². The molecule has 0 radical (unpaired) electrons.